The standard InChI is InChI=1S/C10H6BrFO2/c11-10-7(12)2-1-5-3-6(13)4-8(14)9(5)10/h1-4,13-14H. The third-order valence-electron chi connectivity index (χ3n) is 1.97. The van der Waals surface area contributed by atoms with Crippen LogP contribution in [-0.2, 0) is 0 Å². The fourth-order valence-electron chi connectivity index (χ4n) is 1.36. The number of benzene rings is 2. The summed E-state index contributed by atoms with van der Waals surface area (Å²) < 4.78 is 13.3. The Morgan fingerprint density at radius 1 is 1.14 bits per heavy atom. The topological polar surface area (TPSA) is 40.5 Å². The van der Waals surface area contributed by atoms with Crippen LogP contribution in [-0.4, -0.2) is 10.2 Å². The van der Waals surface area contributed by atoms with Gasteiger partial charge in [-0.15, -0.1) is 0 Å². The van der Waals surface area contributed by atoms with Crippen molar-refractivity contribution in [2.24, 2.45) is 0 Å². The molecule has 0 atom stereocenters. The molecule has 2 rings (SSSR count). The Hall–Kier alpha value is -1.29. The number of rotatable bonds is 0. The predicted molar refractivity (Wildman–Crippen MR) is 54.9 cm³/mol. The Morgan fingerprint density at radius 2 is 1.86 bits per heavy atom. The van der Waals surface area contributed by atoms with Crippen molar-refractivity contribution in [3.63, 3.8) is 0 Å². The fraction of sp³-hybridized carbons (Fsp3) is 0. The molecule has 0 bridgehead atoms. The Morgan fingerprint density at radius 3 is 2.57 bits per heavy atom. The van der Waals surface area contributed by atoms with Crippen LogP contribution in [0.25, 0.3) is 10.8 Å². The molecule has 0 heterocycles. The molecule has 4 heteroatoms. The summed E-state index contributed by atoms with van der Waals surface area (Å²) in [4.78, 5) is 0. The van der Waals surface area contributed by atoms with E-state index < -0.39 is 5.82 Å². The van der Waals surface area contributed by atoms with Gasteiger partial charge in [-0.2, -0.15) is 0 Å². The highest BCUT2D eigenvalue weighted by atomic mass is 79.9. The van der Waals surface area contributed by atoms with E-state index >= 15 is 0 Å². The summed E-state index contributed by atoms with van der Waals surface area (Å²) >= 11 is 3.04. The second-order valence-electron chi connectivity index (χ2n) is 2.92. The minimum atomic E-state index is -0.446. The molecule has 0 aliphatic rings. The van der Waals surface area contributed by atoms with Crippen molar-refractivity contribution in [3.8, 4) is 11.5 Å². The number of phenols is 2. The van der Waals surface area contributed by atoms with Gasteiger partial charge in [0.1, 0.15) is 17.3 Å². The van der Waals surface area contributed by atoms with Crippen LogP contribution >= 0.6 is 15.9 Å². The highest BCUT2D eigenvalue weighted by Crippen LogP contribution is 2.36. The molecule has 2 aromatic rings. The maximum Gasteiger partial charge on any atom is 0.138 e. The summed E-state index contributed by atoms with van der Waals surface area (Å²) in [5.74, 6) is -0.640. The smallest absolute Gasteiger partial charge is 0.138 e. The van der Waals surface area contributed by atoms with Gasteiger partial charge in [-0.05, 0) is 33.4 Å². The quantitative estimate of drug-likeness (QED) is 0.761. The van der Waals surface area contributed by atoms with Crippen molar-refractivity contribution in [2.75, 3.05) is 0 Å². The number of hydrogen-bond acceptors (Lipinski definition) is 2. The van der Waals surface area contributed by atoms with Gasteiger partial charge in [-0.3, -0.25) is 0 Å². The Bertz CT molecular complexity index is 511. The van der Waals surface area contributed by atoms with Gasteiger partial charge in [-0.25, -0.2) is 4.39 Å². The van der Waals surface area contributed by atoms with Crippen LogP contribution in [0.1, 0.15) is 0 Å². The lowest BCUT2D eigenvalue weighted by molar-refractivity contribution is 0.454. The summed E-state index contributed by atoms with van der Waals surface area (Å²) in [6, 6.07) is 5.39. The van der Waals surface area contributed by atoms with Gasteiger partial charge in [0.25, 0.3) is 0 Å². The number of hydrogen-bond donors (Lipinski definition) is 2. The molecule has 0 fully saturated rings. The molecule has 14 heavy (non-hydrogen) atoms. The van der Waals surface area contributed by atoms with Crippen LogP contribution < -0.4 is 0 Å². The van der Waals surface area contributed by atoms with Crippen LogP contribution in [0, 0.1) is 5.82 Å². The van der Waals surface area contributed by atoms with E-state index in [2.05, 4.69) is 15.9 Å². The zero-order valence-electron chi connectivity index (χ0n) is 6.96. The van der Waals surface area contributed by atoms with Crippen LogP contribution in [0.15, 0.2) is 28.7 Å². The highest BCUT2D eigenvalue weighted by molar-refractivity contribution is 9.10. The van der Waals surface area contributed by atoms with Crippen molar-refractivity contribution in [1.82, 2.24) is 0 Å². The van der Waals surface area contributed by atoms with Crippen molar-refractivity contribution < 1.29 is 14.6 Å². The van der Waals surface area contributed by atoms with Gasteiger partial charge >= 0.3 is 0 Å². The van der Waals surface area contributed by atoms with E-state index in [4.69, 9.17) is 0 Å². The minimum Gasteiger partial charge on any atom is -0.508 e. The molecule has 0 aliphatic heterocycles. The number of phenolic OH excluding ortho intramolecular Hbond substituents is 2. The maximum atomic E-state index is 13.1. The molecule has 0 aliphatic carbocycles. The third kappa shape index (κ3) is 1.32. The lowest BCUT2D eigenvalue weighted by Gasteiger charge is -2.05. The van der Waals surface area contributed by atoms with E-state index in [1.807, 2.05) is 0 Å². The van der Waals surface area contributed by atoms with Crippen molar-refractivity contribution in [3.05, 3.63) is 34.6 Å². The van der Waals surface area contributed by atoms with Crippen molar-refractivity contribution in [1.29, 1.82) is 0 Å². The molecule has 72 valence electrons. The Balaban J connectivity index is 2.95. The summed E-state index contributed by atoms with van der Waals surface area (Å²) in [6.45, 7) is 0. The molecule has 0 saturated carbocycles. The molecular formula is C10H6BrFO2. The zero-order valence-corrected chi connectivity index (χ0v) is 8.55. The number of aromatic hydroxyl groups is 2. The van der Waals surface area contributed by atoms with Gasteiger partial charge in [0, 0.05) is 11.5 Å². The summed E-state index contributed by atoms with van der Waals surface area (Å²) in [6.07, 6.45) is 0. The summed E-state index contributed by atoms with van der Waals surface area (Å²) in [7, 11) is 0. The molecule has 0 saturated heterocycles. The molecule has 2 nitrogen and oxygen atoms in total. The molecule has 2 aromatic carbocycles. The number of halogens is 2. The molecule has 0 radical (unpaired) electrons. The monoisotopic (exact) mass is 256 g/mol. The van der Waals surface area contributed by atoms with Gasteiger partial charge < -0.3 is 10.2 Å². The highest BCUT2D eigenvalue weighted by Gasteiger charge is 2.09. The van der Waals surface area contributed by atoms with E-state index in [1.165, 1.54) is 24.3 Å². The van der Waals surface area contributed by atoms with Gasteiger partial charge in [0.05, 0.1) is 4.47 Å². The van der Waals surface area contributed by atoms with Crippen LogP contribution in [0.3, 0.4) is 0 Å². The maximum absolute atomic E-state index is 13.1. The molecule has 0 aromatic heterocycles. The predicted octanol–water partition coefficient (Wildman–Crippen LogP) is 3.15. The van der Waals surface area contributed by atoms with Crippen LogP contribution in [0.5, 0.6) is 11.5 Å². The van der Waals surface area contributed by atoms with E-state index in [-0.39, 0.29) is 16.0 Å². The first kappa shape index (κ1) is 9.27. The van der Waals surface area contributed by atoms with Gasteiger partial charge in [0.15, 0.2) is 0 Å². The first-order valence-electron chi connectivity index (χ1n) is 3.89. The zero-order chi connectivity index (χ0) is 10.3. The molecule has 0 spiro atoms. The average molecular weight is 257 g/mol. The lowest BCUT2D eigenvalue weighted by atomic mass is 10.1. The van der Waals surface area contributed by atoms with Gasteiger partial charge in [0.2, 0.25) is 0 Å². The first-order valence-corrected chi connectivity index (χ1v) is 4.68. The minimum absolute atomic E-state index is 0.0477. The molecule has 0 unspecified atom stereocenters. The average Bonchev–Trinajstić information content (AvgIpc) is 2.10. The lowest BCUT2D eigenvalue weighted by Crippen LogP contribution is -1.81. The van der Waals surface area contributed by atoms with Crippen molar-refractivity contribution >= 4 is 26.7 Å². The van der Waals surface area contributed by atoms with Gasteiger partial charge in [-0.1, -0.05) is 6.07 Å². The second-order valence-corrected chi connectivity index (χ2v) is 3.72. The second kappa shape index (κ2) is 3.13. The SMILES string of the molecule is Oc1cc(O)c2c(Br)c(F)ccc2c1. The normalized spacial score (nSPS) is 10.7. The van der Waals surface area contributed by atoms with Crippen LogP contribution in [0.2, 0.25) is 0 Å². The fourth-order valence-corrected chi connectivity index (χ4v) is 1.92. The molecule has 2 N–H and O–H groups in total. The Labute approximate surface area is 87.7 Å². The van der Waals surface area contributed by atoms with E-state index in [0.717, 1.165) is 0 Å². The summed E-state index contributed by atoms with van der Waals surface area (Å²) in [5.41, 5.74) is 0. The van der Waals surface area contributed by atoms with Crippen molar-refractivity contribution in [2.45, 2.75) is 0 Å². The first-order chi connectivity index (χ1) is 6.59. The summed E-state index contributed by atoms with van der Waals surface area (Å²) in [5, 5.41) is 19.6. The largest absolute Gasteiger partial charge is 0.508 e. The van der Waals surface area contributed by atoms with Crippen LogP contribution in [0.4, 0.5) is 4.39 Å². The van der Waals surface area contributed by atoms with E-state index in [0.29, 0.717) is 10.8 Å². The van der Waals surface area contributed by atoms with E-state index in [9.17, 15) is 14.6 Å². The third-order valence-corrected chi connectivity index (χ3v) is 2.75. The Kier molecular flexibility index (Phi) is 2.07. The number of fused-ring (bicyclic) bond motifs is 1. The molecule has 0 amide bonds. The molecular weight excluding hydrogens is 251 g/mol. The van der Waals surface area contributed by atoms with E-state index in [1.54, 1.807) is 0 Å².